The van der Waals surface area contributed by atoms with Gasteiger partial charge in [0.05, 0.1) is 4.83 Å². The van der Waals surface area contributed by atoms with Gasteiger partial charge in [0.15, 0.2) is 0 Å². The van der Waals surface area contributed by atoms with Crippen molar-refractivity contribution in [2.24, 2.45) is 0 Å². The van der Waals surface area contributed by atoms with Crippen molar-refractivity contribution in [1.82, 2.24) is 0 Å². The molecule has 2 atom stereocenters. The van der Waals surface area contributed by atoms with E-state index in [0.717, 1.165) is 5.56 Å². The summed E-state index contributed by atoms with van der Waals surface area (Å²) in [4.78, 5) is 10.7. The minimum Gasteiger partial charge on any atom is -0.480 e. The summed E-state index contributed by atoms with van der Waals surface area (Å²) >= 11 is 6.58. The summed E-state index contributed by atoms with van der Waals surface area (Å²) in [5, 5.41) is 9.00. The van der Waals surface area contributed by atoms with Gasteiger partial charge in [-0.15, -0.1) is 0 Å². The maximum Gasteiger partial charge on any atom is 0.321 e. The van der Waals surface area contributed by atoms with Gasteiger partial charge in [-0.25, -0.2) is 0 Å². The zero-order valence-corrected chi connectivity index (χ0v) is 10.7. The van der Waals surface area contributed by atoms with Crippen molar-refractivity contribution in [1.29, 1.82) is 0 Å². The summed E-state index contributed by atoms with van der Waals surface area (Å²) in [6, 6.07) is 9.45. The first kappa shape index (κ1) is 11.7. The normalized spacial score (nSPS) is 17.1. The van der Waals surface area contributed by atoms with Crippen LogP contribution in [0.15, 0.2) is 30.3 Å². The molecule has 0 aliphatic heterocycles. The maximum absolute atomic E-state index is 11.0. The molecule has 76 valence electrons. The Morgan fingerprint density at radius 2 is 1.93 bits per heavy atom. The Kier molecular flexibility index (Phi) is 3.72. The van der Waals surface area contributed by atoms with E-state index in [2.05, 4.69) is 31.9 Å². The maximum atomic E-state index is 11.0. The Balaban J connectivity index is 2.96. The molecule has 0 amide bonds. The van der Waals surface area contributed by atoms with E-state index in [-0.39, 0.29) is 4.83 Å². The Bertz CT molecular complexity index is 322. The van der Waals surface area contributed by atoms with Crippen LogP contribution in [0.5, 0.6) is 0 Å². The average molecular weight is 322 g/mol. The molecule has 0 aliphatic rings. The summed E-state index contributed by atoms with van der Waals surface area (Å²) in [5.74, 6) is -0.886. The summed E-state index contributed by atoms with van der Waals surface area (Å²) in [5.41, 5.74) is 0.939. The molecular weight excluding hydrogens is 312 g/mol. The minimum atomic E-state index is -0.992. The van der Waals surface area contributed by atoms with E-state index in [1.807, 2.05) is 30.3 Å². The van der Waals surface area contributed by atoms with Crippen LogP contribution in [0.3, 0.4) is 0 Å². The van der Waals surface area contributed by atoms with Crippen molar-refractivity contribution in [3.05, 3.63) is 35.9 Å². The van der Waals surface area contributed by atoms with Crippen molar-refractivity contribution < 1.29 is 9.90 Å². The van der Waals surface area contributed by atoms with Crippen LogP contribution in [-0.4, -0.2) is 15.4 Å². The standard InChI is InChI=1S/C10H10Br2O2/c1-10(12,9(13)14)8(11)7-5-3-2-4-6-7/h2-6,8H,1H3,(H,13,14)/t8-,10+/m1/s1. The first-order chi connectivity index (χ1) is 6.46. The predicted molar refractivity (Wildman–Crippen MR) is 63.1 cm³/mol. The molecule has 1 N–H and O–H groups in total. The van der Waals surface area contributed by atoms with Gasteiger partial charge in [0.2, 0.25) is 0 Å². The number of benzene rings is 1. The van der Waals surface area contributed by atoms with Gasteiger partial charge < -0.3 is 5.11 Å². The molecule has 1 rings (SSSR count). The molecule has 0 unspecified atom stereocenters. The lowest BCUT2D eigenvalue weighted by Crippen LogP contribution is -2.32. The van der Waals surface area contributed by atoms with Crippen LogP contribution in [0.1, 0.15) is 17.3 Å². The summed E-state index contributed by atoms with van der Waals surface area (Å²) in [7, 11) is 0. The third-order valence-corrected chi connectivity index (χ3v) is 4.84. The average Bonchev–Trinajstić information content (AvgIpc) is 2.17. The molecule has 0 fully saturated rings. The van der Waals surface area contributed by atoms with Gasteiger partial charge in [-0.3, -0.25) is 4.79 Å². The number of carboxylic acids is 1. The summed E-state index contributed by atoms with van der Waals surface area (Å²) in [6.45, 7) is 1.63. The van der Waals surface area contributed by atoms with Gasteiger partial charge in [-0.1, -0.05) is 62.2 Å². The fraction of sp³-hybridized carbons (Fsp3) is 0.300. The summed E-state index contributed by atoms with van der Waals surface area (Å²) in [6.07, 6.45) is 0. The topological polar surface area (TPSA) is 37.3 Å². The van der Waals surface area contributed by atoms with Crippen LogP contribution in [0.25, 0.3) is 0 Å². The molecular formula is C10H10Br2O2. The molecule has 1 aromatic rings. The lowest BCUT2D eigenvalue weighted by atomic mass is 10.0. The fourth-order valence-corrected chi connectivity index (χ4v) is 1.81. The van der Waals surface area contributed by atoms with Crippen LogP contribution < -0.4 is 0 Å². The quantitative estimate of drug-likeness (QED) is 0.867. The van der Waals surface area contributed by atoms with E-state index in [0.29, 0.717) is 0 Å². The van der Waals surface area contributed by atoms with E-state index in [1.165, 1.54) is 0 Å². The first-order valence-electron chi connectivity index (χ1n) is 4.07. The van der Waals surface area contributed by atoms with E-state index in [9.17, 15) is 4.79 Å². The second kappa shape index (κ2) is 4.45. The number of alkyl halides is 2. The first-order valence-corrected chi connectivity index (χ1v) is 5.78. The zero-order chi connectivity index (χ0) is 10.8. The predicted octanol–water partition coefficient (Wildman–Crippen LogP) is 3.36. The van der Waals surface area contributed by atoms with Gasteiger partial charge in [0.1, 0.15) is 4.32 Å². The molecule has 4 heteroatoms. The SMILES string of the molecule is C[C@@](Br)(C(=O)O)[C@H](Br)c1ccccc1. The van der Waals surface area contributed by atoms with Crippen LogP contribution in [0.4, 0.5) is 0 Å². The Morgan fingerprint density at radius 3 is 2.36 bits per heavy atom. The highest BCUT2D eigenvalue weighted by molar-refractivity contribution is 9.12. The van der Waals surface area contributed by atoms with Crippen molar-refractivity contribution in [2.45, 2.75) is 16.1 Å². The van der Waals surface area contributed by atoms with E-state index >= 15 is 0 Å². The van der Waals surface area contributed by atoms with E-state index in [4.69, 9.17) is 5.11 Å². The number of halogens is 2. The number of rotatable bonds is 3. The van der Waals surface area contributed by atoms with Gasteiger partial charge in [-0.05, 0) is 12.5 Å². The summed E-state index contributed by atoms with van der Waals surface area (Å²) < 4.78 is -0.992. The lowest BCUT2D eigenvalue weighted by Gasteiger charge is -2.23. The molecule has 0 saturated heterocycles. The van der Waals surface area contributed by atoms with Gasteiger partial charge in [0.25, 0.3) is 0 Å². The molecule has 0 saturated carbocycles. The Labute approximate surface area is 99.6 Å². The molecule has 0 aliphatic carbocycles. The third-order valence-electron chi connectivity index (χ3n) is 1.99. The van der Waals surface area contributed by atoms with Crippen LogP contribution in [-0.2, 0) is 4.79 Å². The molecule has 0 radical (unpaired) electrons. The van der Waals surface area contributed by atoms with Gasteiger partial charge >= 0.3 is 5.97 Å². The van der Waals surface area contributed by atoms with E-state index < -0.39 is 10.3 Å². The second-order valence-corrected chi connectivity index (χ2v) is 5.72. The molecule has 2 nitrogen and oxygen atoms in total. The molecule has 0 aromatic heterocycles. The van der Waals surface area contributed by atoms with Crippen molar-refractivity contribution in [2.75, 3.05) is 0 Å². The highest BCUT2D eigenvalue weighted by atomic mass is 79.9. The Hall–Kier alpha value is -0.350. The van der Waals surface area contributed by atoms with E-state index in [1.54, 1.807) is 6.92 Å². The molecule has 0 spiro atoms. The highest BCUT2D eigenvalue weighted by Gasteiger charge is 2.38. The number of carbonyl (C=O) groups is 1. The van der Waals surface area contributed by atoms with Gasteiger partial charge in [0, 0.05) is 0 Å². The molecule has 1 aromatic carbocycles. The smallest absolute Gasteiger partial charge is 0.321 e. The monoisotopic (exact) mass is 320 g/mol. The van der Waals surface area contributed by atoms with Crippen molar-refractivity contribution >= 4 is 37.8 Å². The largest absolute Gasteiger partial charge is 0.480 e. The highest BCUT2D eigenvalue weighted by Crippen LogP contribution is 2.40. The second-order valence-electron chi connectivity index (χ2n) is 3.15. The van der Waals surface area contributed by atoms with Gasteiger partial charge in [-0.2, -0.15) is 0 Å². The van der Waals surface area contributed by atoms with Crippen molar-refractivity contribution in [3.8, 4) is 0 Å². The molecule has 0 heterocycles. The number of hydrogen-bond acceptors (Lipinski definition) is 1. The van der Waals surface area contributed by atoms with Crippen molar-refractivity contribution in [3.63, 3.8) is 0 Å². The number of hydrogen-bond donors (Lipinski definition) is 1. The number of aliphatic carboxylic acids is 1. The number of carboxylic acid groups (broad SMARTS) is 1. The van der Waals surface area contributed by atoms with Crippen LogP contribution in [0, 0.1) is 0 Å². The minimum absolute atomic E-state index is 0.256. The Morgan fingerprint density at radius 1 is 1.43 bits per heavy atom. The molecule has 14 heavy (non-hydrogen) atoms. The van der Waals surface area contributed by atoms with Crippen LogP contribution >= 0.6 is 31.9 Å². The fourth-order valence-electron chi connectivity index (χ4n) is 1.04. The van der Waals surface area contributed by atoms with Crippen LogP contribution in [0.2, 0.25) is 0 Å². The molecule has 0 bridgehead atoms. The zero-order valence-electron chi connectivity index (χ0n) is 7.58. The third kappa shape index (κ3) is 2.36. The lowest BCUT2D eigenvalue weighted by molar-refractivity contribution is -0.139.